The van der Waals surface area contributed by atoms with Crippen LogP contribution in [-0.4, -0.2) is 38.1 Å². The number of aromatic nitrogens is 4. The predicted molar refractivity (Wildman–Crippen MR) is 100 cm³/mol. The van der Waals surface area contributed by atoms with Gasteiger partial charge in [0.25, 0.3) is 11.7 Å². The summed E-state index contributed by atoms with van der Waals surface area (Å²) in [7, 11) is 0. The minimum Gasteiger partial charge on any atom is -0.462 e. The van der Waals surface area contributed by atoms with Crippen molar-refractivity contribution in [2.24, 2.45) is 0 Å². The Balaban J connectivity index is 1.65. The lowest BCUT2D eigenvalue weighted by molar-refractivity contribution is 0.0527. The Labute approximate surface area is 159 Å². The molecule has 4 rings (SSSR count). The second kappa shape index (κ2) is 6.73. The van der Waals surface area contributed by atoms with Gasteiger partial charge in [0.05, 0.1) is 12.2 Å². The SMILES string of the molecule is CCOC(=O)c1c(C2CC2)csc1NC(=O)c1nc2nc(C)cc(C)n2n1. The van der Waals surface area contributed by atoms with Gasteiger partial charge in [0.15, 0.2) is 0 Å². The smallest absolute Gasteiger partial charge is 0.341 e. The highest BCUT2D eigenvalue weighted by molar-refractivity contribution is 7.15. The lowest BCUT2D eigenvalue weighted by Gasteiger charge is -2.07. The van der Waals surface area contributed by atoms with Gasteiger partial charge in [0.2, 0.25) is 5.82 Å². The summed E-state index contributed by atoms with van der Waals surface area (Å²) < 4.78 is 6.71. The number of esters is 1. The highest BCUT2D eigenvalue weighted by atomic mass is 32.1. The number of rotatable bonds is 5. The maximum absolute atomic E-state index is 12.7. The third-order valence-electron chi connectivity index (χ3n) is 4.36. The molecule has 0 atom stereocenters. The fraction of sp³-hybridized carbons (Fsp3) is 0.389. The van der Waals surface area contributed by atoms with Gasteiger partial charge in [-0.25, -0.2) is 14.3 Å². The van der Waals surface area contributed by atoms with Crippen LogP contribution >= 0.6 is 11.3 Å². The fourth-order valence-corrected chi connectivity index (χ4v) is 4.02. The Morgan fingerprint density at radius 2 is 2.11 bits per heavy atom. The quantitative estimate of drug-likeness (QED) is 0.678. The molecule has 1 N–H and O–H groups in total. The molecule has 3 aromatic rings. The molecule has 0 spiro atoms. The number of thiophene rings is 1. The molecule has 3 heterocycles. The normalized spacial score (nSPS) is 13.7. The molecular weight excluding hydrogens is 366 g/mol. The Morgan fingerprint density at radius 1 is 1.33 bits per heavy atom. The first-order valence-corrected chi connectivity index (χ1v) is 9.66. The van der Waals surface area contributed by atoms with Gasteiger partial charge in [-0.1, -0.05) is 0 Å². The van der Waals surface area contributed by atoms with E-state index in [4.69, 9.17) is 4.74 Å². The zero-order valence-electron chi connectivity index (χ0n) is 15.3. The lowest BCUT2D eigenvalue weighted by atomic mass is 10.1. The second-order valence-corrected chi connectivity index (χ2v) is 7.41. The molecular formula is C18H19N5O3S. The van der Waals surface area contributed by atoms with Crippen LogP contribution in [0, 0.1) is 13.8 Å². The Hall–Kier alpha value is -2.81. The van der Waals surface area contributed by atoms with Crippen molar-refractivity contribution >= 4 is 34.0 Å². The average Bonchev–Trinajstić information content (AvgIpc) is 3.22. The molecule has 0 saturated heterocycles. The van der Waals surface area contributed by atoms with Crippen LogP contribution in [0.25, 0.3) is 5.78 Å². The summed E-state index contributed by atoms with van der Waals surface area (Å²) in [6, 6.07) is 1.86. The van der Waals surface area contributed by atoms with Crippen LogP contribution in [0.3, 0.4) is 0 Å². The highest BCUT2D eigenvalue weighted by Crippen LogP contribution is 2.46. The van der Waals surface area contributed by atoms with Crippen LogP contribution in [-0.2, 0) is 4.74 Å². The molecule has 0 unspecified atom stereocenters. The number of carbonyl (C=O) groups is 2. The number of carbonyl (C=O) groups excluding carboxylic acids is 2. The third-order valence-corrected chi connectivity index (χ3v) is 5.28. The number of nitrogens with zero attached hydrogens (tertiary/aromatic N) is 4. The highest BCUT2D eigenvalue weighted by Gasteiger charge is 2.32. The van der Waals surface area contributed by atoms with E-state index in [1.165, 1.54) is 15.9 Å². The molecule has 1 fully saturated rings. The zero-order valence-corrected chi connectivity index (χ0v) is 16.1. The van der Waals surface area contributed by atoms with Gasteiger partial charge in [-0.2, -0.15) is 4.98 Å². The maximum Gasteiger partial charge on any atom is 0.341 e. The topological polar surface area (TPSA) is 98.5 Å². The van der Waals surface area contributed by atoms with E-state index in [9.17, 15) is 9.59 Å². The number of fused-ring (bicyclic) bond motifs is 1. The molecule has 0 bridgehead atoms. The molecule has 1 saturated carbocycles. The molecule has 3 aromatic heterocycles. The standard InChI is InChI=1S/C18H19N5O3S/c1-4-26-17(25)13-12(11-5-6-11)8-27-16(13)21-15(24)14-20-18-19-9(2)7-10(3)23(18)22-14/h7-8,11H,4-6H2,1-3H3,(H,21,24). The van der Waals surface area contributed by atoms with Crippen molar-refractivity contribution < 1.29 is 14.3 Å². The van der Waals surface area contributed by atoms with Crippen molar-refractivity contribution in [2.75, 3.05) is 11.9 Å². The molecule has 27 heavy (non-hydrogen) atoms. The van der Waals surface area contributed by atoms with E-state index in [-0.39, 0.29) is 12.4 Å². The van der Waals surface area contributed by atoms with Gasteiger partial charge in [0.1, 0.15) is 5.00 Å². The van der Waals surface area contributed by atoms with Crippen LogP contribution in [0.2, 0.25) is 0 Å². The molecule has 0 radical (unpaired) electrons. The first-order valence-electron chi connectivity index (χ1n) is 8.78. The molecule has 8 nitrogen and oxygen atoms in total. The van der Waals surface area contributed by atoms with E-state index < -0.39 is 11.9 Å². The number of hydrogen-bond donors (Lipinski definition) is 1. The van der Waals surface area contributed by atoms with E-state index in [0.29, 0.717) is 22.3 Å². The molecule has 1 amide bonds. The first-order chi connectivity index (χ1) is 13.0. The van der Waals surface area contributed by atoms with E-state index in [0.717, 1.165) is 29.8 Å². The molecule has 1 aliphatic carbocycles. The van der Waals surface area contributed by atoms with Gasteiger partial charge in [0, 0.05) is 11.4 Å². The maximum atomic E-state index is 12.7. The first kappa shape index (κ1) is 17.6. The van der Waals surface area contributed by atoms with Crippen molar-refractivity contribution in [3.05, 3.63) is 39.8 Å². The number of amides is 1. The van der Waals surface area contributed by atoms with Crippen molar-refractivity contribution in [3.8, 4) is 0 Å². The van der Waals surface area contributed by atoms with E-state index in [1.807, 2.05) is 25.3 Å². The summed E-state index contributed by atoms with van der Waals surface area (Å²) in [5, 5.41) is 9.41. The third kappa shape index (κ3) is 3.30. The number of anilines is 1. The Bertz CT molecular complexity index is 1050. The zero-order chi connectivity index (χ0) is 19.1. The van der Waals surface area contributed by atoms with Crippen molar-refractivity contribution in [2.45, 2.75) is 39.5 Å². The van der Waals surface area contributed by atoms with Gasteiger partial charge in [-0.15, -0.1) is 16.4 Å². The molecule has 1 aliphatic rings. The summed E-state index contributed by atoms with van der Waals surface area (Å²) in [4.78, 5) is 33.6. The second-order valence-electron chi connectivity index (χ2n) is 6.53. The van der Waals surface area contributed by atoms with Crippen molar-refractivity contribution in [1.82, 2.24) is 19.6 Å². The number of hydrogen-bond acceptors (Lipinski definition) is 7. The minimum atomic E-state index is -0.479. The van der Waals surface area contributed by atoms with Crippen LogP contribution in [0.4, 0.5) is 5.00 Å². The molecule has 9 heteroatoms. The summed E-state index contributed by atoms with van der Waals surface area (Å²) in [6.45, 7) is 5.78. The molecule has 0 aromatic carbocycles. The average molecular weight is 385 g/mol. The number of nitrogens with one attached hydrogen (secondary N) is 1. The van der Waals surface area contributed by atoms with Crippen LogP contribution in [0.15, 0.2) is 11.4 Å². The lowest BCUT2D eigenvalue weighted by Crippen LogP contribution is -2.16. The molecule has 0 aliphatic heterocycles. The summed E-state index contributed by atoms with van der Waals surface area (Å²) >= 11 is 1.32. The molecule has 140 valence electrons. The van der Waals surface area contributed by atoms with Gasteiger partial charge in [-0.3, -0.25) is 4.79 Å². The van der Waals surface area contributed by atoms with Crippen LogP contribution < -0.4 is 5.32 Å². The number of ether oxygens (including phenoxy) is 1. The summed E-state index contributed by atoms with van der Waals surface area (Å²) in [6.07, 6.45) is 2.10. The van der Waals surface area contributed by atoms with E-state index in [1.54, 1.807) is 6.92 Å². The van der Waals surface area contributed by atoms with Crippen molar-refractivity contribution in [1.29, 1.82) is 0 Å². The number of aryl methyl sites for hydroxylation is 2. The summed E-state index contributed by atoms with van der Waals surface area (Å²) in [5.41, 5.74) is 3.04. The van der Waals surface area contributed by atoms with Gasteiger partial charge in [-0.05, 0) is 56.5 Å². The van der Waals surface area contributed by atoms with Crippen LogP contribution in [0.5, 0.6) is 0 Å². The van der Waals surface area contributed by atoms with Crippen molar-refractivity contribution in [3.63, 3.8) is 0 Å². The van der Waals surface area contributed by atoms with E-state index in [2.05, 4.69) is 20.4 Å². The van der Waals surface area contributed by atoms with Gasteiger partial charge < -0.3 is 10.1 Å². The Kier molecular flexibility index (Phi) is 4.39. The fourth-order valence-electron chi connectivity index (χ4n) is 2.99. The van der Waals surface area contributed by atoms with Crippen LogP contribution in [0.1, 0.15) is 63.6 Å². The van der Waals surface area contributed by atoms with E-state index >= 15 is 0 Å². The van der Waals surface area contributed by atoms with Gasteiger partial charge >= 0.3 is 5.97 Å². The largest absolute Gasteiger partial charge is 0.462 e. The monoisotopic (exact) mass is 385 g/mol. The predicted octanol–water partition coefficient (Wildman–Crippen LogP) is 3.11. The summed E-state index contributed by atoms with van der Waals surface area (Å²) in [5.74, 6) is -0.144. The minimum absolute atomic E-state index is 0.00683. The Morgan fingerprint density at radius 3 is 2.81 bits per heavy atom.